The van der Waals surface area contributed by atoms with Gasteiger partial charge in [0.15, 0.2) is 0 Å². The van der Waals surface area contributed by atoms with Gasteiger partial charge in [-0.2, -0.15) is 5.26 Å². The predicted octanol–water partition coefficient (Wildman–Crippen LogP) is 2.15. The minimum atomic E-state index is -0.126. The van der Waals surface area contributed by atoms with Crippen LogP contribution in [0.5, 0.6) is 0 Å². The topological polar surface area (TPSA) is 59.4 Å². The van der Waals surface area contributed by atoms with E-state index in [1.165, 1.54) is 5.56 Å². The van der Waals surface area contributed by atoms with E-state index in [9.17, 15) is 4.79 Å². The third-order valence-corrected chi connectivity index (χ3v) is 5.12. The van der Waals surface area contributed by atoms with Gasteiger partial charge < -0.3 is 10.2 Å². The highest BCUT2D eigenvalue weighted by Gasteiger charge is 2.23. The Kier molecular flexibility index (Phi) is 6.59. The van der Waals surface area contributed by atoms with Gasteiger partial charge in [0, 0.05) is 44.3 Å². The molecule has 27 heavy (non-hydrogen) atoms. The summed E-state index contributed by atoms with van der Waals surface area (Å²) in [5.41, 5.74) is 2.32. The van der Waals surface area contributed by atoms with Gasteiger partial charge in [-0.15, -0.1) is 0 Å². The predicted molar refractivity (Wildman–Crippen MR) is 106 cm³/mol. The van der Waals surface area contributed by atoms with Crippen LogP contribution >= 0.6 is 0 Å². The van der Waals surface area contributed by atoms with Crippen LogP contribution in [0.4, 0.5) is 0 Å². The number of benzene rings is 2. The van der Waals surface area contributed by atoms with Gasteiger partial charge in [-0.25, -0.2) is 0 Å². The molecule has 1 atom stereocenters. The molecule has 0 bridgehead atoms. The van der Waals surface area contributed by atoms with E-state index in [2.05, 4.69) is 52.5 Å². The molecule has 0 spiro atoms. The summed E-state index contributed by atoms with van der Waals surface area (Å²) < 4.78 is 0. The first-order valence-corrected chi connectivity index (χ1v) is 9.40. The van der Waals surface area contributed by atoms with Crippen molar-refractivity contribution in [2.45, 2.75) is 12.5 Å². The SMILES string of the molecule is CN1CCN(C(CNC(=O)c2cccc(C#N)c2)Cc2ccccc2)CC1. The molecule has 3 rings (SSSR count). The average molecular weight is 362 g/mol. The van der Waals surface area contributed by atoms with Crippen molar-refractivity contribution in [3.8, 4) is 6.07 Å². The van der Waals surface area contributed by atoms with E-state index in [0.29, 0.717) is 17.7 Å². The maximum absolute atomic E-state index is 12.6. The zero-order valence-electron chi connectivity index (χ0n) is 15.8. The van der Waals surface area contributed by atoms with E-state index in [4.69, 9.17) is 5.26 Å². The second-order valence-electron chi connectivity index (χ2n) is 7.09. The van der Waals surface area contributed by atoms with E-state index < -0.39 is 0 Å². The molecular weight excluding hydrogens is 336 g/mol. The maximum atomic E-state index is 12.6. The van der Waals surface area contributed by atoms with Gasteiger partial charge in [-0.05, 0) is 37.2 Å². The van der Waals surface area contributed by atoms with Crippen molar-refractivity contribution in [2.75, 3.05) is 39.8 Å². The lowest BCUT2D eigenvalue weighted by Gasteiger charge is -2.38. The number of nitrogens with one attached hydrogen (secondary N) is 1. The van der Waals surface area contributed by atoms with E-state index in [0.717, 1.165) is 32.6 Å². The third-order valence-electron chi connectivity index (χ3n) is 5.12. The van der Waals surface area contributed by atoms with Crippen molar-refractivity contribution in [1.29, 1.82) is 5.26 Å². The lowest BCUT2D eigenvalue weighted by molar-refractivity contribution is 0.0886. The van der Waals surface area contributed by atoms with Crippen molar-refractivity contribution in [3.05, 3.63) is 71.3 Å². The number of likely N-dealkylation sites (N-methyl/N-ethyl adjacent to an activating group) is 1. The van der Waals surface area contributed by atoms with Crippen molar-refractivity contribution in [1.82, 2.24) is 15.1 Å². The molecule has 1 saturated heterocycles. The molecule has 1 N–H and O–H groups in total. The Morgan fingerprint density at radius 3 is 2.56 bits per heavy atom. The molecule has 1 fully saturated rings. The monoisotopic (exact) mass is 362 g/mol. The first-order chi connectivity index (χ1) is 13.2. The Bertz CT molecular complexity index is 791. The van der Waals surface area contributed by atoms with Gasteiger partial charge in [-0.1, -0.05) is 36.4 Å². The Morgan fingerprint density at radius 1 is 1.11 bits per heavy atom. The number of carbonyl (C=O) groups excluding carboxylic acids is 1. The fourth-order valence-corrected chi connectivity index (χ4v) is 3.45. The molecule has 5 heteroatoms. The standard InChI is InChI=1S/C22H26N4O/c1-25-10-12-26(13-11-25)21(15-18-6-3-2-4-7-18)17-24-22(27)20-9-5-8-19(14-20)16-23/h2-9,14,21H,10-13,15,17H2,1H3,(H,24,27). The fourth-order valence-electron chi connectivity index (χ4n) is 3.45. The van der Waals surface area contributed by atoms with E-state index in [1.54, 1.807) is 24.3 Å². The summed E-state index contributed by atoms with van der Waals surface area (Å²) in [6.45, 7) is 4.70. The number of carbonyl (C=O) groups is 1. The Morgan fingerprint density at radius 2 is 1.85 bits per heavy atom. The van der Waals surface area contributed by atoms with E-state index >= 15 is 0 Å². The molecule has 0 saturated carbocycles. The summed E-state index contributed by atoms with van der Waals surface area (Å²) in [6, 6.07) is 19.6. The highest BCUT2D eigenvalue weighted by atomic mass is 16.1. The number of piperazine rings is 1. The van der Waals surface area contributed by atoms with Crippen LogP contribution in [0, 0.1) is 11.3 Å². The molecule has 2 aromatic carbocycles. The van der Waals surface area contributed by atoms with Crippen LogP contribution in [0.25, 0.3) is 0 Å². The van der Waals surface area contributed by atoms with Gasteiger partial charge in [0.1, 0.15) is 0 Å². The van der Waals surface area contributed by atoms with Gasteiger partial charge in [0.2, 0.25) is 0 Å². The molecule has 1 aliphatic heterocycles. The minimum absolute atomic E-state index is 0.126. The molecule has 140 valence electrons. The van der Waals surface area contributed by atoms with Crippen LogP contribution in [-0.2, 0) is 6.42 Å². The van der Waals surface area contributed by atoms with Gasteiger partial charge in [0.25, 0.3) is 5.91 Å². The van der Waals surface area contributed by atoms with Crippen molar-refractivity contribution < 1.29 is 4.79 Å². The Balaban J connectivity index is 1.67. The van der Waals surface area contributed by atoms with E-state index in [-0.39, 0.29) is 11.9 Å². The largest absolute Gasteiger partial charge is 0.350 e. The molecule has 0 aromatic heterocycles. The summed E-state index contributed by atoms with van der Waals surface area (Å²) in [5, 5.41) is 12.1. The molecule has 0 radical (unpaired) electrons. The zero-order chi connectivity index (χ0) is 19.1. The van der Waals surface area contributed by atoms with Crippen molar-refractivity contribution >= 4 is 5.91 Å². The minimum Gasteiger partial charge on any atom is -0.350 e. The van der Waals surface area contributed by atoms with Gasteiger partial charge in [0.05, 0.1) is 11.6 Å². The van der Waals surface area contributed by atoms with E-state index in [1.807, 2.05) is 6.07 Å². The average Bonchev–Trinajstić information content (AvgIpc) is 2.72. The Labute approximate surface area is 161 Å². The third kappa shape index (κ3) is 5.40. The lowest BCUT2D eigenvalue weighted by atomic mass is 10.0. The number of nitriles is 1. The quantitative estimate of drug-likeness (QED) is 0.855. The first kappa shape index (κ1) is 19.1. The molecule has 2 aromatic rings. The molecule has 1 aliphatic rings. The second-order valence-corrected chi connectivity index (χ2v) is 7.09. The smallest absolute Gasteiger partial charge is 0.251 e. The number of amides is 1. The maximum Gasteiger partial charge on any atom is 0.251 e. The summed E-state index contributed by atoms with van der Waals surface area (Å²) >= 11 is 0. The molecule has 0 aliphatic carbocycles. The highest BCUT2D eigenvalue weighted by molar-refractivity contribution is 5.94. The molecule has 1 unspecified atom stereocenters. The van der Waals surface area contributed by atoms with Crippen LogP contribution in [0.3, 0.4) is 0 Å². The summed E-state index contributed by atoms with van der Waals surface area (Å²) in [7, 11) is 2.15. The number of hydrogen-bond donors (Lipinski definition) is 1. The second kappa shape index (κ2) is 9.31. The first-order valence-electron chi connectivity index (χ1n) is 9.40. The van der Waals surface area contributed by atoms with Crippen LogP contribution < -0.4 is 5.32 Å². The van der Waals surface area contributed by atoms with Crippen LogP contribution in [0.1, 0.15) is 21.5 Å². The summed E-state index contributed by atoms with van der Waals surface area (Å²) in [6.07, 6.45) is 0.906. The number of nitrogens with zero attached hydrogens (tertiary/aromatic N) is 3. The molecule has 5 nitrogen and oxygen atoms in total. The molecular formula is C22H26N4O. The number of rotatable bonds is 6. The normalized spacial score (nSPS) is 16.4. The van der Waals surface area contributed by atoms with Crippen LogP contribution in [-0.4, -0.2) is 61.5 Å². The number of hydrogen-bond acceptors (Lipinski definition) is 4. The van der Waals surface area contributed by atoms with Gasteiger partial charge >= 0.3 is 0 Å². The summed E-state index contributed by atoms with van der Waals surface area (Å²) in [4.78, 5) is 17.4. The van der Waals surface area contributed by atoms with Crippen molar-refractivity contribution in [2.24, 2.45) is 0 Å². The lowest BCUT2D eigenvalue weighted by Crippen LogP contribution is -2.53. The molecule has 1 heterocycles. The molecule has 1 amide bonds. The van der Waals surface area contributed by atoms with Crippen LogP contribution in [0.2, 0.25) is 0 Å². The van der Waals surface area contributed by atoms with Crippen molar-refractivity contribution in [3.63, 3.8) is 0 Å². The Hall–Kier alpha value is -2.68. The zero-order valence-corrected chi connectivity index (χ0v) is 15.8. The highest BCUT2D eigenvalue weighted by Crippen LogP contribution is 2.12. The summed E-state index contributed by atoms with van der Waals surface area (Å²) in [5.74, 6) is -0.126. The van der Waals surface area contributed by atoms with Crippen LogP contribution in [0.15, 0.2) is 54.6 Å². The fraction of sp³-hybridized carbons (Fsp3) is 0.364. The van der Waals surface area contributed by atoms with Gasteiger partial charge in [-0.3, -0.25) is 9.69 Å².